The number of aromatic nitrogens is 3. The van der Waals surface area contributed by atoms with Gasteiger partial charge >= 0.3 is 0 Å². The second-order valence-corrected chi connectivity index (χ2v) is 3.27. The van der Waals surface area contributed by atoms with Crippen molar-refractivity contribution in [2.45, 2.75) is 6.54 Å². The van der Waals surface area contributed by atoms with Gasteiger partial charge < -0.3 is 10.2 Å². The maximum atomic E-state index is 10.8. The molecular weight excluding hydrogens is 216 g/mol. The van der Waals surface area contributed by atoms with E-state index in [2.05, 4.69) is 10.2 Å². The Bertz CT molecular complexity index is 525. The summed E-state index contributed by atoms with van der Waals surface area (Å²) in [5.41, 5.74) is 5.10. The molecule has 7 heteroatoms. The number of nitrogens with one attached hydrogen (secondary N) is 1. The normalized spacial score (nSPS) is 10.4. The molecule has 0 aromatic carbocycles. The van der Waals surface area contributed by atoms with Crippen molar-refractivity contribution in [3.63, 3.8) is 0 Å². The average molecular weight is 224 g/mol. The van der Waals surface area contributed by atoms with E-state index in [-0.39, 0.29) is 6.54 Å². The van der Waals surface area contributed by atoms with E-state index in [9.17, 15) is 4.79 Å². The number of nitrogens with two attached hydrogens (primary N) is 1. The van der Waals surface area contributed by atoms with Crippen molar-refractivity contribution in [2.24, 2.45) is 5.73 Å². The van der Waals surface area contributed by atoms with Crippen LogP contribution in [-0.2, 0) is 11.3 Å². The molecule has 0 saturated heterocycles. The quantitative estimate of drug-likeness (QED) is 0.750. The highest BCUT2D eigenvalue weighted by atomic mass is 32.1. The van der Waals surface area contributed by atoms with Crippen LogP contribution in [0.1, 0.15) is 0 Å². The van der Waals surface area contributed by atoms with E-state index < -0.39 is 5.91 Å². The summed E-state index contributed by atoms with van der Waals surface area (Å²) in [6.07, 6.45) is 1.52. The number of hydrogen-bond donors (Lipinski definition) is 2. The maximum Gasteiger partial charge on any atom is 0.237 e. The van der Waals surface area contributed by atoms with Gasteiger partial charge in [-0.3, -0.25) is 14.5 Å². The third-order valence-electron chi connectivity index (χ3n) is 1.81. The van der Waals surface area contributed by atoms with E-state index in [4.69, 9.17) is 22.4 Å². The zero-order valence-electron chi connectivity index (χ0n) is 7.64. The largest absolute Gasteiger partial charge is 0.461 e. The number of carbonyl (C=O) groups excluding carboxylic acids is 1. The molecule has 0 spiro atoms. The molecule has 0 aliphatic carbocycles. The lowest BCUT2D eigenvalue weighted by Crippen LogP contribution is -2.19. The molecule has 0 aliphatic heterocycles. The monoisotopic (exact) mass is 224 g/mol. The molecule has 0 unspecified atom stereocenters. The van der Waals surface area contributed by atoms with Crippen LogP contribution in [0, 0.1) is 4.77 Å². The smallest absolute Gasteiger partial charge is 0.237 e. The molecule has 0 aliphatic rings. The minimum absolute atomic E-state index is 0.0225. The number of H-pyrrole nitrogens is 1. The summed E-state index contributed by atoms with van der Waals surface area (Å²) in [5.74, 6) is 0.507. The fourth-order valence-electron chi connectivity index (χ4n) is 1.21. The highest BCUT2D eigenvalue weighted by Crippen LogP contribution is 2.16. The second kappa shape index (κ2) is 3.70. The van der Waals surface area contributed by atoms with Gasteiger partial charge in [0.25, 0.3) is 0 Å². The van der Waals surface area contributed by atoms with Crippen LogP contribution in [-0.4, -0.2) is 20.7 Å². The Kier molecular flexibility index (Phi) is 2.38. The predicted molar refractivity (Wildman–Crippen MR) is 54.3 cm³/mol. The molecule has 3 N–H and O–H groups in total. The lowest BCUT2D eigenvalue weighted by molar-refractivity contribution is -0.118. The Balaban J connectivity index is 2.49. The van der Waals surface area contributed by atoms with E-state index in [1.54, 1.807) is 12.1 Å². The average Bonchev–Trinajstić information content (AvgIpc) is 2.76. The molecule has 1 amide bonds. The number of furan rings is 1. The van der Waals surface area contributed by atoms with E-state index in [1.165, 1.54) is 10.8 Å². The Labute approximate surface area is 89.7 Å². The van der Waals surface area contributed by atoms with E-state index in [1.807, 2.05) is 0 Å². The number of rotatable bonds is 3. The van der Waals surface area contributed by atoms with Crippen LogP contribution in [0.5, 0.6) is 0 Å². The van der Waals surface area contributed by atoms with Crippen LogP contribution < -0.4 is 5.73 Å². The minimum Gasteiger partial charge on any atom is -0.461 e. The predicted octanol–water partition coefficient (Wildman–Crippen LogP) is 0.686. The fraction of sp³-hybridized carbons (Fsp3) is 0.125. The van der Waals surface area contributed by atoms with Gasteiger partial charge in [0.05, 0.1) is 6.26 Å². The topological polar surface area (TPSA) is 89.8 Å². The highest BCUT2D eigenvalue weighted by Gasteiger charge is 2.12. The molecule has 15 heavy (non-hydrogen) atoms. The third kappa shape index (κ3) is 1.82. The van der Waals surface area contributed by atoms with Gasteiger partial charge in [-0.1, -0.05) is 0 Å². The molecule has 6 nitrogen and oxygen atoms in total. The number of amides is 1. The van der Waals surface area contributed by atoms with Gasteiger partial charge in [0, 0.05) is 0 Å². The molecule has 2 aromatic rings. The summed E-state index contributed by atoms with van der Waals surface area (Å²) >= 11 is 4.96. The van der Waals surface area contributed by atoms with Crippen molar-refractivity contribution < 1.29 is 9.21 Å². The van der Waals surface area contributed by atoms with Gasteiger partial charge in [-0.2, -0.15) is 5.10 Å². The summed E-state index contributed by atoms with van der Waals surface area (Å²) in [4.78, 5) is 10.8. The molecule has 0 bridgehead atoms. The number of carbonyl (C=O) groups is 1. The third-order valence-corrected chi connectivity index (χ3v) is 2.13. The molecule has 0 atom stereocenters. The Morgan fingerprint density at radius 3 is 3.13 bits per heavy atom. The lowest BCUT2D eigenvalue weighted by atomic mass is 10.4. The van der Waals surface area contributed by atoms with Crippen molar-refractivity contribution in [3.05, 3.63) is 23.2 Å². The van der Waals surface area contributed by atoms with Crippen molar-refractivity contribution in [1.29, 1.82) is 0 Å². The second-order valence-electron chi connectivity index (χ2n) is 2.88. The standard InChI is InChI=1S/C8H8N4O2S/c9-6(13)4-12-7(10-11-8(12)15)5-2-1-3-14-5/h1-3H,4H2,(H2,9,13)(H,11,15). The molecule has 0 radical (unpaired) electrons. The zero-order valence-corrected chi connectivity index (χ0v) is 8.45. The van der Waals surface area contributed by atoms with Crippen LogP contribution in [0.4, 0.5) is 0 Å². The first-order valence-electron chi connectivity index (χ1n) is 4.16. The molecule has 2 heterocycles. The number of hydrogen-bond acceptors (Lipinski definition) is 4. The van der Waals surface area contributed by atoms with Crippen molar-refractivity contribution >= 4 is 18.1 Å². The highest BCUT2D eigenvalue weighted by molar-refractivity contribution is 7.71. The zero-order chi connectivity index (χ0) is 10.8. The van der Waals surface area contributed by atoms with Gasteiger partial charge in [-0.05, 0) is 24.4 Å². The molecule has 0 fully saturated rings. The molecule has 2 aromatic heterocycles. The first-order valence-corrected chi connectivity index (χ1v) is 4.56. The van der Waals surface area contributed by atoms with Crippen molar-refractivity contribution in [1.82, 2.24) is 14.8 Å². The van der Waals surface area contributed by atoms with E-state index >= 15 is 0 Å². The Morgan fingerprint density at radius 2 is 2.53 bits per heavy atom. The van der Waals surface area contributed by atoms with Gasteiger partial charge in [-0.15, -0.1) is 0 Å². The Hall–Kier alpha value is -1.89. The van der Waals surface area contributed by atoms with Crippen LogP contribution in [0.3, 0.4) is 0 Å². The summed E-state index contributed by atoms with van der Waals surface area (Å²) in [6, 6.07) is 3.45. The lowest BCUT2D eigenvalue weighted by Gasteiger charge is -2.00. The number of primary amides is 1. The summed E-state index contributed by atoms with van der Waals surface area (Å²) < 4.78 is 6.97. The summed E-state index contributed by atoms with van der Waals surface area (Å²) in [7, 11) is 0. The van der Waals surface area contributed by atoms with Crippen LogP contribution >= 0.6 is 12.2 Å². The first kappa shape index (κ1) is 9.66. The fourth-order valence-corrected chi connectivity index (χ4v) is 1.41. The maximum absolute atomic E-state index is 10.8. The van der Waals surface area contributed by atoms with E-state index in [0.717, 1.165) is 0 Å². The summed E-state index contributed by atoms with van der Waals surface area (Å²) in [6.45, 7) is -0.0225. The number of aromatic amines is 1. The minimum atomic E-state index is -0.486. The molecular formula is C8H8N4O2S. The van der Waals surface area contributed by atoms with Gasteiger partial charge in [0.15, 0.2) is 16.4 Å². The number of nitrogens with zero attached hydrogens (tertiary/aromatic N) is 2. The van der Waals surface area contributed by atoms with Gasteiger partial charge in [0.2, 0.25) is 5.91 Å². The van der Waals surface area contributed by atoms with E-state index in [0.29, 0.717) is 16.4 Å². The molecule has 78 valence electrons. The van der Waals surface area contributed by atoms with Gasteiger partial charge in [0.1, 0.15) is 6.54 Å². The Morgan fingerprint density at radius 1 is 1.73 bits per heavy atom. The first-order chi connectivity index (χ1) is 7.18. The van der Waals surface area contributed by atoms with Crippen molar-refractivity contribution in [2.75, 3.05) is 0 Å². The van der Waals surface area contributed by atoms with Crippen molar-refractivity contribution in [3.8, 4) is 11.6 Å². The SMILES string of the molecule is NC(=O)Cn1c(-c2ccco2)n[nH]c1=S. The van der Waals surface area contributed by atoms with Crippen LogP contribution in [0.2, 0.25) is 0 Å². The van der Waals surface area contributed by atoms with Gasteiger partial charge in [-0.25, -0.2) is 0 Å². The van der Waals surface area contributed by atoms with Crippen LogP contribution in [0.25, 0.3) is 11.6 Å². The van der Waals surface area contributed by atoms with Crippen LogP contribution in [0.15, 0.2) is 22.8 Å². The summed E-state index contributed by atoms with van der Waals surface area (Å²) in [5, 5.41) is 6.53. The molecule has 2 rings (SSSR count). The molecule has 0 saturated carbocycles.